The van der Waals surface area contributed by atoms with Gasteiger partial charge in [-0.1, -0.05) is 54.2 Å². The third-order valence-corrected chi connectivity index (χ3v) is 4.65. The predicted octanol–water partition coefficient (Wildman–Crippen LogP) is 2.66. The minimum Gasteiger partial charge on any atom is -0.287 e. The zero-order chi connectivity index (χ0) is 18.4. The van der Waals surface area contributed by atoms with Crippen molar-refractivity contribution >= 4 is 34.8 Å². The summed E-state index contributed by atoms with van der Waals surface area (Å²) >= 11 is 1.22. The second kappa shape index (κ2) is 8.44. The molecule has 0 unspecified atom stereocenters. The lowest BCUT2D eigenvalue weighted by molar-refractivity contribution is -0.118. The number of carbonyl (C=O) groups excluding carboxylic acids is 1. The van der Waals surface area contributed by atoms with Crippen molar-refractivity contribution in [1.29, 1.82) is 0 Å². The first-order valence-electron chi connectivity index (χ1n) is 8.18. The van der Waals surface area contributed by atoms with Crippen molar-refractivity contribution in [2.24, 2.45) is 5.10 Å². The molecule has 0 bridgehead atoms. The lowest BCUT2D eigenvalue weighted by Gasteiger charge is -2.10. The zero-order valence-corrected chi connectivity index (χ0v) is 15.1. The Balaban J connectivity index is 1.68. The SMILES string of the molecule is CCn1c(SCC(=O)NN=Cc2ccccc2)nc2ccccc2c1=O. The summed E-state index contributed by atoms with van der Waals surface area (Å²) in [6.45, 7) is 2.37. The standard InChI is InChI=1S/C19H18N4O2S/c1-2-23-18(25)15-10-6-7-11-16(15)21-19(23)26-13-17(24)22-20-12-14-8-4-3-5-9-14/h3-12H,2,13H2,1H3,(H,22,24). The third kappa shape index (κ3) is 4.18. The molecule has 2 aromatic carbocycles. The van der Waals surface area contributed by atoms with Gasteiger partial charge < -0.3 is 0 Å². The van der Waals surface area contributed by atoms with Crippen molar-refractivity contribution in [2.45, 2.75) is 18.6 Å². The number of nitrogens with one attached hydrogen (secondary N) is 1. The number of aromatic nitrogens is 2. The summed E-state index contributed by atoms with van der Waals surface area (Å²) in [5, 5.41) is 5.04. The minimum atomic E-state index is -0.257. The van der Waals surface area contributed by atoms with Crippen LogP contribution in [0.25, 0.3) is 10.9 Å². The smallest absolute Gasteiger partial charge is 0.262 e. The third-order valence-electron chi connectivity index (χ3n) is 3.68. The van der Waals surface area contributed by atoms with Gasteiger partial charge in [-0.05, 0) is 24.6 Å². The fourth-order valence-electron chi connectivity index (χ4n) is 2.42. The quantitative estimate of drug-likeness (QED) is 0.315. The topological polar surface area (TPSA) is 76.3 Å². The maximum absolute atomic E-state index is 12.5. The number of amides is 1. The summed E-state index contributed by atoms with van der Waals surface area (Å²) in [7, 11) is 0. The first-order chi connectivity index (χ1) is 12.7. The van der Waals surface area contributed by atoms with E-state index in [1.165, 1.54) is 11.8 Å². The second-order valence-electron chi connectivity index (χ2n) is 5.45. The molecule has 1 aromatic heterocycles. The number of benzene rings is 2. The Hall–Kier alpha value is -2.93. The molecule has 6 nitrogen and oxygen atoms in total. The van der Waals surface area contributed by atoms with Gasteiger partial charge in [-0.3, -0.25) is 14.2 Å². The van der Waals surface area contributed by atoms with Crippen LogP contribution in [0.1, 0.15) is 12.5 Å². The van der Waals surface area contributed by atoms with Gasteiger partial charge in [0.1, 0.15) is 0 Å². The van der Waals surface area contributed by atoms with Crippen LogP contribution < -0.4 is 11.0 Å². The van der Waals surface area contributed by atoms with E-state index in [0.29, 0.717) is 22.6 Å². The number of nitrogens with zero attached hydrogens (tertiary/aromatic N) is 3. The molecule has 3 aromatic rings. The Labute approximate surface area is 155 Å². The first kappa shape index (κ1) is 17.9. The molecule has 0 fully saturated rings. The maximum Gasteiger partial charge on any atom is 0.262 e. The Morgan fingerprint density at radius 3 is 2.69 bits per heavy atom. The van der Waals surface area contributed by atoms with E-state index in [9.17, 15) is 9.59 Å². The number of para-hydroxylation sites is 1. The molecule has 0 saturated heterocycles. The molecule has 0 aliphatic carbocycles. The van der Waals surface area contributed by atoms with Crippen LogP contribution in [0.2, 0.25) is 0 Å². The van der Waals surface area contributed by atoms with E-state index >= 15 is 0 Å². The number of rotatable bonds is 6. The van der Waals surface area contributed by atoms with Gasteiger partial charge in [0.05, 0.1) is 22.9 Å². The molecule has 1 heterocycles. The molecule has 3 rings (SSSR count). The van der Waals surface area contributed by atoms with Crippen LogP contribution in [0.3, 0.4) is 0 Å². The molecule has 0 aliphatic rings. The van der Waals surface area contributed by atoms with E-state index in [1.807, 2.05) is 49.4 Å². The van der Waals surface area contributed by atoms with Crippen molar-refractivity contribution in [3.05, 3.63) is 70.5 Å². The van der Waals surface area contributed by atoms with Crippen LogP contribution >= 0.6 is 11.8 Å². The number of hydrogen-bond donors (Lipinski definition) is 1. The van der Waals surface area contributed by atoms with E-state index in [2.05, 4.69) is 15.5 Å². The van der Waals surface area contributed by atoms with Crippen LogP contribution in [0.5, 0.6) is 0 Å². The highest BCUT2D eigenvalue weighted by Gasteiger charge is 2.11. The molecule has 0 atom stereocenters. The number of hydrogen-bond acceptors (Lipinski definition) is 5. The maximum atomic E-state index is 12.5. The number of carbonyl (C=O) groups is 1. The number of hydrazone groups is 1. The first-order valence-corrected chi connectivity index (χ1v) is 9.17. The molecular weight excluding hydrogens is 348 g/mol. The number of fused-ring (bicyclic) bond motifs is 1. The highest BCUT2D eigenvalue weighted by Crippen LogP contribution is 2.17. The van der Waals surface area contributed by atoms with E-state index in [-0.39, 0.29) is 17.2 Å². The van der Waals surface area contributed by atoms with E-state index in [4.69, 9.17) is 0 Å². The Kier molecular flexibility index (Phi) is 5.80. The van der Waals surface area contributed by atoms with Gasteiger partial charge in [0.2, 0.25) is 0 Å². The molecule has 1 amide bonds. The van der Waals surface area contributed by atoms with Crippen LogP contribution in [0, 0.1) is 0 Å². The fraction of sp³-hybridized carbons (Fsp3) is 0.158. The Morgan fingerprint density at radius 2 is 1.92 bits per heavy atom. The van der Waals surface area contributed by atoms with Crippen LogP contribution in [0.15, 0.2) is 69.6 Å². The molecule has 0 saturated carbocycles. The molecule has 0 spiro atoms. The summed E-state index contributed by atoms with van der Waals surface area (Å²) in [5.41, 5.74) is 3.92. The lowest BCUT2D eigenvalue weighted by atomic mass is 10.2. The summed E-state index contributed by atoms with van der Waals surface area (Å²) in [6.07, 6.45) is 1.58. The highest BCUT2D eigenvalue weighted by atomic mass is 32.2. The van der Waals surface area contributed by atoms with Gasteiger partial charge in [0.25, 0.3) is 11.5 Å². The molecule has 0 radical (unpaired) electrons. The highest BCUT2D eigenvalue weighted by molar-refractivity contribution is 7.99. The van der Waals surface area contributed by atoms with E-state index < -0.39 is 0 Å². The molecule has 132 valence electrons. The van der Waals surface area contributed by atoms with Gasteiger partial charge in [0, 0.05) is 6.54 Å². The summed E-state index contributed by atoms with van der Waals surface area (Å²) < 4.78 is 1.58. The molecular formula is C19H18N4O2S. The van der Waals surface area contributed by atoms with Crippen molar-refractivity contribution in [3.63, 3.8) is 0 Å². The van der Waals surface area contributed by atoms with Crippen molar-refractivity contribution in [1.82, 2.24) is 15.0 Å². The van der Waals surface area contributed by atoms with Gasteiger partial charge in [-0.25, -0.2) is 10.4 Å². The monoisotopic (exact) mass is 366 g/mol. The van der Waals surface area contributed by atoms with Crippen molar-refractivity contribution in [3.8, 4) is 0 Å². The largest absolute Gasteiger partial charge is 0.287 e. The summed E-state index contributed by atoms with van der Waals surface area (Å²) in [5.74, 6) is -0.135. The molecule has 1 N–H and O–H groups in total. The molecule has 26 heavy (non-hydrogen) atoms. The van der Waals surface area contributed by atoms with Crippen molar-refractivity contribution < 1.29 is 4.79 Å². The van der Waals surface area contributed by atoms with Gasteiger partial charge in [-0.15, -0.1) is 0 Å². The number of thioether (sulfide) groups is 1. The average Bonchev–Trinajstić information content (AvgIpc) is 2.67. The fourth-order valence-corrected chi connectivity index (χ4v) is 3.27. The minimum absolute atomic E-state index is 0.0943. The Bertz CT molecular complexity index is 999. The average molecular weight is 366 g/mol. The van der Waals surface area contributed by atoms with Gasteiger partial charge >= 0.3 is 0 Å². The van der Waals surface area contributed by atoms with Crippen LogP contribution in [-0.4, -0.2) is 27.4 Å². The van der Waals surface area contributed by atoms with Crippen LogP contribution in [-0.2, 0) is 11.3 Å². The summed E-state index contributed by atoms with van der Waals surface area (Å²) in [4.78, 5) is 29.0. The van der Waals surface area contributed by atoms with Gasteiger partial charge in [0.15, 0.2) is 5.16 Å². The summed E-state index contributed by atoms with van der Waals surface area (Å²) in [6, 6.07) is 16.7. The van der Waals surface area contributed by atoms with E-state index in [0.717, 1.165) is 5.56 Å². The predicted molar refractivity (Wildman–Crippen MR) is 105 cm³/mol. The second-order valence-corrected chi connectivity index (χ2v) is 6.40. The molecule has 7 heteroatoms. The molecule has 0 aliphatic heterocycles. The van der Waals surface area contributed by atoms with Gasteiger partial charge in [-0.2, -0.15) is 5.10 Å². The lowest BCUT2D eigenvalue weighted by Crippen LogP contribution is -2.24. The normalized spacial score (nSPS) is 11.1. The van der Waals surface area contributed by atoms with E-state index in [1.54, 1.807) is 22.9 Å². The van der Waals surface area contributed by atoms with Crippen LogP contribution in [0.4, 0.5) is 0 Å². The zero-order valence-electron chi connectivity index (χ0n) is 14.3. The van der Waals surface area contributed by atoms with Crippen molar-refractivity contribution in [2.75, 3.05) is 5.75 Å². The Morgan fingerprint density at radius 1 is 1.19 bits per heavy atom.